The van der Waals surface area contributed by atoms with Gasteiger partial charge in [-0.1, -0.05) is 6.92 Å². The molecule has 0 bridgehead atoms. The molecular formula is C14H23IN6S. The third kappa shape index (κ3) is 4.98. The number of aromatic nitrogens is 2. The lowest BCUT2D eigenvalue weighted by molar-refractivity contribution is 0.373. The van der Waals surface area contributed by atoms with E-state index in [1.807, 2.05) is 7.05 Å². The molecule has 6 nitrogen and oxygen atoms in total. The molecule has 1 aromatic heterocycles. The lowest BCUT2D eigenvalue weighted by atomic mass is 10.3. The van der Waals surface area contributed by atoms with Gasteiger partial charge in [0.2, 0.25) is 5.13 Å². The molecule has 0 aromatic carbocycles. The molecule has 2 heterocycles. The molecule has 8 heteroatoms. The molecule has 2 rings (SSSR count). The second kappa shape index (κ2) is 9.84. The largest absolute Gasteiger partial charge is 0.355 e. The maximum absolute atomic E-state index is 5.27. The van der Waals surface area contributed by atoms with Crippen molar-refractivity contribution in [2.24, 2.45) is 4.99 Å². The van der Waals surface area contributed by atoms with Gasteiger partial charge in [0.05, 0.1) is 0 Å². The minimum Gasteiger partial charge on any atom is -0.355 e. The number of nitrogens with zero attached hydrogens (tertiary/aromatic N) is 5. The van der Waals surface area contributed by atoms with Crippen LogP contribution in [0, 0.1) is 12.3 Å². The number of piperazine rings is 1. The fourth-order valence-corrected chi connectivity index (χ4v) is 3.01. The summed E-state index contributed by atoms with van der Waals surface area (Å²) >= 11 is 1.49. The summed E-state index contributed by atoms with van der Waals surface area (Å²) in [6.07, 6.45) is 6.87. The summed E-state index contributed by atoms with van der Waals surface area (Å²) in [5, 5.41) is 4.33. The van der Waals surface area contributed by atoms with Crippen molar-refractivity contribution in [1.82, 2.24) is 19.6 Å². The van der Waals surface area contributed by atoms with Crippen molar-refractivity contribution >= 4 is 46.6 Å². The molecule has 0 radical (unpaired) electrons. The molecule has 1 aliphatic rings. The molecule has 0 aliphatic carbocycles. The second-order valence-electron chi connectivity index (χ2n) is 4.75. The van der Waals surface area contributed by atoms with Gasteiger partial charge in [0, 0.05) is 64.1 Å². The summed E-state index contributed by atoms with van der Waals surface area (Å²) < 4.78 is 4.35. The zero-order valence-corrected chi connectivity index (χ0v) is 16.2. The number of aryl methyl sites for hydroxylation is 1. The van der Waals surface area contributed by atoms with Crippen LogP contribution in [-0.4, -0.2) is 60.0 Å². The quantitative estimate of drug-likeness (QED) is 0.256. The van der Waals surface area contributed by atoms with E-state index in [-0.39, 0.29) is 24.0 Å². The Labute approximate surface area is 153 Å². The van der Waals surface area contributed by atoms with Crippen LogP contribution in [0.3, 0.4) is 0 Å². The summed E-state index contributed by atoms with van der Waals surface area (Å²) in [6, 6.07) is 0. The predicted octanol–water partition coefficient (Wildman–Crippen LogP) is 1.44. The highest BCUT2D eigenvalue weighted by atomic mass is 127. The van der Waals surface area contributed by atoms with E-state index in [4.69, 9.17) is 6.42 Å². The first-order valence-electron chi connectivity index (χ1n) is 7.25. The van der Waals surface area contributed by atoms with Crippen LogP contribution in [-0.2, 0) is 6.42 Å². The van der Waals surface area contributed by atoms with E-state index in [0.717, 1.165) is 56.1 Å². The summed E-state index contributed by atoms with van der Waals surface area (Å²) in [5.41, 5.74) is 0. The molecule has 1 fully saturated rings. The van der Waals surface area contributed by atoms with E-state index in [1.54, 1.807) is 0 Å². The van der Waals surface area contributed by atoms with Gasteiger partial charge in [-0.05, 0) is 0 Å². The number of terminal acetylenes is 1. The van der Waals surface area contributed by atoms with Crippen LogP contribution in [0.4, 0.5) is 5.13 Å². The van der Waals surface area contributed by atoms with Gasteiger partial charge in [-0.25, -0.2) is 4.98 Å². The second-order valence-corrected chi connectivity index (χ2v) is 5.48. The van der Waals surface area contributed by atoms with Crippen LogP contribution < -0.4 is 10.2 Å². The van der Waals surface area contributed by atoms with Gasteiger partial charge < -0.3 is 15.1 Å². The number of nitrogens with one attached hydrogen (secondary N) is 1. The average molecular weight is 434 g/mol. The third-order valence-electron chi connectivity index (χ3n) is 3.39. The van der Waals surface area contributed by atoms with E-state index >= 15 is 0 Å². The minimum atomic E-state index is 0. The number of halogens is 1. The van der Waals surface area contributed by atoms with Crippen molar-refractivity contribution < 1.29 is 0 Å². The highest BCUT2D eigenvalue weighted by molar-refractivity contribution is 14.0. The van der Waals surface area contributed by atoms with Gasteiger partial charge >= 0.3 is 0 Å². The zero-order chi connectivity index (χ0) is 15.1. The van der Waals surface area contributed by atoms with Crippen molar-refractivity contribution in [3.8, 4) is 12.3 Å². The van der Waals surface area contributed by atoms with Gasteiger partial charge in [0.25, 0.3) is 0 Å². The number of hydrogen-bond acceptors (Lipinski definition) is 5. The highest BCUT2D eigenvalue weighted by Gasteiger charge is 2.21. The molecule has 1 N–H and O–H groups in total. The standard InChI is InChI=1S/C14H22N6S.HI/c1-4-6-7-16-13(15-3)19-8-10-20(11-9-19)14-17-12(5-2)18-21-14;/h1H,5-11H2,2-3H3,(H,15,16);1H. The van der Waals surface area contributed by atoms with Crippen molar-refractivity contribution in [3.63, 3.8) is 0 Å². The summed E-state index contributed by atoms with van der Waals surface area (Å²) in [6.45, 7) is 6.57. The van der Waals surface area contributed by atoms with Gasteiger partial charge in [0.15, 0.2) is 5.96 Å². The maximum atomic E-state index is 5.27. The molecule has 0 unspecified atom stereocenters. The molecule has 0 amide bonds. The Morgan fingerprint density at radius 1 is 1.41 bits per heavy atom. The minimum absolute atomic E-state index is 0. The van der Waals surface area contributed by atoms with E-state index in [0.29, 0.717) is 6.42 Å². The number of anilines is 1. The molecular weight excluding hydrogens is 411 g/mol. The van der Waals surface area contributed by atoms with Gasteiger partial charge in [-0.2, -0.15) is 4.37 Å². The van der Waals surface area contributed by atoms with Crippen LogP contribution >= 0.6 is 35.5 Å². The van der Waals surface area contributed by atoms with E-state index in [9.17, 15) is 0 Å². The Kier molecular flexibility index (Phi) is 8.48. The van der Waals surface area contributed by atoms with Crippen molar-refractivity contribution in [3.05, 3.63) is 5.82 Å². The van der Waals surface area contributed by atoms with E-state index in [2.05, 4.69) is 42.3 Å². The van der Waals surface area contributed by atoms with E-state index < -0.39 is 0 Å². The third-order valence-corrected chi connectivity index (χ3v) is 4.20. The molecule has 0 atom stereocenters. The molecule has 1 aromatic rings. The van der Waals surface area contributed by atoms with Crippen LogP contribution in [0.1, 0.15) is 19.2 Å². The fourth-order valence-electron chi connectivity index (χ4n) is 2.21. The van der Waals surface area contributed by atoms with Crippen LogP contribution in [0.15, 0.2) is 4.99 Å². The number of aliphatic imine (C=N–C) groups is 1. The summed E-state index contributed by atoms with van der Waals surface area (Å²) in [5.74, 6) is 4.49. The Bertz CT molecular complexity index is 516. The van der Waals surface area contributed by atoms with Gasteiger partial charge in [0.1, 0.15) is 5.82 Å². The van der Waals surface area contributed by atoms with E-state index in [1.165, 1.54) is 11.5 Å². The van der Waals surface area contributed by atoms with Crippen LogP contribution in [0.5, 0.6) is 0 Å². The Morgan fingerprint density at radius 3 is 2.68 bits per heavy atom. The smallest absolute Gasteiger partial charge is 0.205 e. The molecule has 0 saturated carbocycles. The number of hydrogen-bond donors (Lipinski definition) is 1. The van der Waals surface area contributed by atoms with Crippen LogP contribution in [0.25, 0.3) is 0 Å². The van der Waals surface area contributed by atoms with Crippen LogP contribution in [0.2, 0.25) is 0 Å². The summed E-state index contributed by atoms with van der Waals surface area (Å²) in [4.78, 5) is 13.4. The Balaban J connectivity index is 0.00000242. The fraction of sp³-hybridized carbons (Fsp3) is 0.643. The zero-order valence-electron chi connectivity index (χ0n) is 13.1. The lowest BCUT2D eigenvalue weighted by Crippen LogP contribution is -2.52. The summed E-state index contributed by atoms with van der Waals surface area (Å²) in [7, 11) is 1.81. The van der Waals surface area contributed by atoms with Crippen molar-refractivity contribution in [2.45, 2.75) is 19.8 Å². The molecule has 0 spiro atoms. The number of rotatable bonds is 4. The molecule has 22 heavy (non-hydrogen) atoms. The highest BCUT2D eigenvalue weighted by Crippen LogP contribution is 2.19. The predicted molar refractivity (Wildman–Crippen MR) is 103 cm³/mol. The topological polar surface area (TPSA) is 56.7 Å². The first kappa shape index (κ1) is 19.0. The van der Waals surface area contributed by atoms with Gasteiger partial charge in [-0.15, -0.1) is 36.3 Å². The average Bonchev–Trinajstić information content (AvgIpc) is 3.01. The first-order valence-corrected chi connectivity index (χ1v) is 8.02. The molecule has 1 saturated heterocycles. The molecule has 122 valence electrons. The maximum Gasteiger partial charge on any atom is 0.205 e. The normalized spacial score (nSPS) is 15.2. The van der Waals surface area contributed by atoms with Gasteiger partial charge in [-0.3, -0.25) is 4.99 Å². The van der Waals surface area contributed by atoms with Crippen molar-refractivity contribution in [2.75, 3.05) is 44.7 Å². The SMILES string of the molecule is C#CCCNC(=NC)N1CCN(c2nc(CC)ns2)CC1.I. The lowest BCUT2D eigenvalue weighted by Gasteiger charge is -2.36. The molecule has 1 aliphatic heterocycles. The monoisotopic (exact) mass is 434 g/mol. The Morgan fingerprint density at radius 2 is 2.14 bits per heavy atom. The number of guanidine groups is 1. The van der Waals surface area contributed by atoms with Crippen molar-refractivity contribution in [1.29, 1.82) is 0 Å². The Hall–Kier alpha value is -1.08. The first-order chi connectivity index (χ1) is 10.3.